The molecule has 0 saturated carbocycles. The van der Waals surface area contributed by atoms with Gasteiger partial charge in [-0.1, -0.05) is 32.9 Å². The van der Waals surface area contributed by atoms with Crippen molar-refractivity contribution in [1.82, 2.24) is 5.32 Å². The molecule has 4 nitrogen and oxygen atoms in total. The van der Waals surface area contributed by atoms with Crippen molar-refractivity contribution in [1.29, 1.82) is 0 Å². The highest BCUT2D eigenvalue weighted by molar-refractivity contribution is 6.74. The van der Waals surface area contributed by atoms with Crippen molar-refractivity contribution >= 4 is 20.5 Å². The van der Waals surface area contributed by atoms with E-state index >= 15 is 0 Å². The Labute approximate surface area is 144 Å². The number of halogens is 1. The van der Waals surface area contributed by atoms with Gasteiger partial charge in [-0.05, 0) is 42.2 Å². The van der Waals surface area contributed by atoms with Crippen LogP contribution >= 0.6 is 0 Å². The van der Waals surface area contributed by atoms with Gasteiger partial charge in [0.2, 0.25) is 5.91 Å². The maximum atomic E-state index is 13.4. The number of nitrogens with one attached hydrogen (secondary N) is 1. The van der Waals surface area contributed by atoms with Gasteiger partial charge in [-0.25, -0.2) is 4.39 Å². The van der Waals surface area contributed by atoms with Crippen LogP contribution in [0.15, 0.2) is 24.3 Å². The van der Waals surface area contributed by atoms with Crippen molar-refractivity contribution in [2.45, 2.75) is 64.4 Å². The molecule has 0 aliphatic carbocycles. The van der Waals surface area contributed by atoms with Crippen molar-refractivity contribution in [3.8, 4) is 0 Å². The second-order valence-electron chi connectivity index (χ2n) is 7.62. The normalized spacial score (nSPS) is 14.8. The van der Waals surface area contributed by atoms with Crippen LogP contribution in [0.4, 0.5) is 4.39 Å². The Morgan fingerprint density at radius 2 is 2.00 bits per heavy atom. The molecule has 0 saturated heterocycles. The van der Waals surface area contributed by atoms with E-state index < -0.39 is 20.5 Å². The lowest BCUT2D eigenvalue weighted by molar-refractivity contribution is -0.121. The van der Waals surface area contributed by atoms with E-state index in [1.54, 1.807) is 12.1 Å². The maximum Gasteiger partial charge on any atom is 0.217 e. The van der Waals surface area contributed by atoms with Gasteiger partial charge in [-0.15, -0.1) is 0 Å². The summed E-state index contributed by atoms with van der Waals surface area (Å²) in [7, 11) is -2.19. The summed E-state index contributed by atoms with van der Waals surface area (Å²) in [4.78, 5) is 23.2. The number of carbonyl (C=O) groups is 2. The first kappa shape index (κ1) is 20.5. The third-order valence-electron chi connectivity index (χ3n) is 4.50. The summed E-state index contributed by atoms with van der Waals surface area (Å²) >= 11 is 0. The molecule has 0 bridgehead atoms. The van der Waals surface area contributed by atoms with E-state index in [2.05, 4.69) is 39.2 Å². The molecule has 1 aromatic carbocycles. The average molecular weight is 354 g/mol. The Hall–Kier alpha value is -1.53. The van der Waals surface area contributed by atoms with Crippen LogP contribution in [0.2, 0.25) is 18.1 Å². The van der Waals surface area contributed by atoms with Crippen LogP contribution in [0.5, 0.6) is 0 Å². The van der Waals surface area contributed by atoms with E-state index in [0.29, 0.717) is 12.0 Å². The summed E-state index contributed by atoms with van der Waals surface area (Å²) in [6.45, 7) is 11.8. The van der Waals surface area contributed by atoms with Gasteiger partial charge < -0.3 is 14.5 Å². The van der Waals surface area contributed by atoms with Gasteiger partial charge >= 0.3 is 0 Å². The fourth-order valence-electron chi connectivity index (χ4n) is 2.15. The molecule has 1 N–H and O–H groups in total. The van der Waals surface area contributed by atoms with E-state index in [0.717, 1.165) is 6.29 Å². The highest BCUT2D eigenvalue weighted by atomic mass is 28.4. The molecule has 2 atom stereocenters. The van der Waals surface area contributed by atoms with E-state index in [1.165, 1.54) is 19.1 Å². The molecule has 1 amide bonds. The smallest absolute Gasteiger partial charge is 0.217 e. The van der Waals surface area contributed by atoms with Crippen LogP contribution < -0.4 is 5.32 Å². The first-order valence-electron chi connectivity index (χ1n) is 8.11. The molecule has 0 aromatic heterocycles. The minimum Gasteiger partial charge on any atom is -0.405 e. The Kier molecular flexibility index (Phi) is 6.86. The molecular formula is C18H28FNO3Si. The van der Waals surface area contributed by atoms with Gasteiger partial charge in [0.05, 0.1) is 6.04 Å². The van der Waals surface area contributed by atoms with Crippen LogP contribution in [-0.4, -0.2) is 32.7 Å². The van der Waals surface area contributed by atoms with E-state index in [9.17, 15) is 14.0 Å². The molecule has 6 heteroatoms. The van der Waals surface area contributed by atoms with Crippen molar-refractivity contribution in [3.05, 3.63) is 35.6 Å². The van der Waals surface area contributed by atoms with E-state index in [-0.39, 0.29) is 16.8 Å². The molecule has 134 valence electrons. The summed E-state index contributed by atoms with van der Waals surface area (Å²) in [6.07, 6.45) is 0.300. The summed E-state index contributed by atoms with van der Waals surface area (Å²) in [6, 6.07) is 5.62. The van der Waals surface area contributed by atoms with Crippen LogP contribution in [0.25, 0.3) is 0 Å². The number of hydrogen-bond acceptors (Lipinski definition) is 3. The van der Waals surface area contributed by atoms with Gasteiger partial charge in [0.25, 0.3) is 0 Å². The van der Waals surface area contributed by atoms with E-state index in [1.807, 2.05) is 0 Å². The fourth-order valence-corrected chi connectivity index (χ4v) is 3.40. The first-order valence-corrected chi connectivity index (χ1v) is 11.0. The predicted octanol–water partition coefficient (Wildman–Crippen LogP) is 3.46. The van der Waals surface area contributed by atoms with Crippen molar-refractivity contribution in [2.24, 2.45) is 0 Å². The highest BCUT2D eigenvalue weighted by Gasteiger charge is 2.41. The third kappa shape index (κ3) is 5.83. The Bertz CT molecular complexity index is 584. The first-order chi connectivity index (χ1) is 11.0. The zero-order valence-electron chi connectivity index (χ0n) is 15.4. The Morgan fingerprint density at radius 1 is 1.38 bits per heavy atom. The van der Waals surface area contributed by atoms with Crippen molar-refractivity contribution in [3.63, 3.8) is 0 Å². The average Bonchev–Trinajstić information content (AvgIpc) is 2.42. The standard InChI is InChI=1S/C18H28FNO3Si/c1-13(22)20-16(11-14-8-7-9-15(19)10-14)17(12-21)23-24(5,6)18(2,3)4/h7-10,12,16-17H,11H2,1-6H3,(H,20,22)/t16-,17+/m0/s1. The van der Waals surface area contributed by atoms with Crippen LogP contribution in [0.1, 0.15) is 33.3 Å². The molecule has 0 fully saturated rings. The van der Waals surface area contributed by atoms with Crippen molar-refractivity contribution in [2.75, 3.05) is 0 Å². The number of rotatable bonds is 7. The van der Waals surface area contributed by atoms with Gasteiger partial charge in [0.1, 0.15) is 18.2 Å². The topological polar surface area (TPSA) is 55.4 Å². The minimum absolute atomic E-state index is 0.0616. The molecule has 0 heterocycles. The molecule has 1 rings (SSSR count). The van der Waals surface area contributed by atoms with Crippen LogP contribution in [-0.2, 0) is 20.4 Å². The van der Waals surface area contributed by atoms with Gasteiger partial charge in [-0.2, -0.15) is 0 Å². The largest absolute Gasteiger partial charge is 0.405 e. The molecular weight excluding hydrogens is 325 g/mol. The molecule has 0 spiro atoms. The summed E-state index contributed by atoms with van der Waals surface area (Å²) in [5, 5.41) is 2.72. The van der Waals surface area contributed by atoms with Gasteiger partial charge in [0, 0.05) is 6.92 Å². The van der Waals surface area contributed by atoms with Crippen LogP contribution in [0.3, 0.4) is 0 Å². The Morgan fingerprint density at radius 3 is 2.46 bits per heavy atom. The molecule has 0 radical (unpaired) electrons. The minimum atomic E-state index is -2.19. The zero-order chi connectivity index (χ0) is 18.5. The summed E-state index contributed by atoms with van der Waals surface area (Å²) in [5.74, 6) is -0.593. The maximum absolute atomic E-state index is 13.4. The monoisotopic (exact) mass is 353 g/mol. The second kappa shape index (κ2) is 8.03. The second-order valence-corrected chi connectivity index (χ2v) is 12.4. The lowest BCUT2D eigenvalue weighted by Gasteiger charge is -2.40. The molecule has 24 heavy (non-hydrogen) atoms. The summed E-state index contributed by atoms with van der Waals surface area (Å²) < 4.78 is 19.6. The number of amides is 1. The van der Waals surface area contributed by atoms with Crippen molar-refractivity contribution < 1.29 is 18.4 Å². The third-order valence-corrected chi connectivity index (χ3v) is 8.97. The zero-order valence-corrected chi connectivity index (χ0v) is 16.4. The van der Waals surface area contributed by atoms with Crippen LogP contribution in [0, 0.1) is 5.82 Å². The number of carbonyl (C=O) groups excluding carboxylic acids is 2. The molecule has 0 aliphatic rings. The number of hydrogen-bond donors (Lipinski definition) is 1. The lowest BCUT2D eigenvalue weighted by atomic mass is 10.0. The SMILES string of the molecule is CC(=O)N[C@@H](Cc1cccc(F)c1)[C@@H](C=O)O[Si](C)(C)C(C)(C)C. The number of aldehydes is 1. The summed E-state index contributed by atoms with van der Waals surface area (Å²) in [5.41, 5.74) is 0.708. The molecule has 1 aromatic rings. The number of benzene rings is 1. The molecule has 0 aliphatic heterocycles. The van der Waals surface area contributed by atoms with Gasteiger partial charge in [0.15, 0.2) is 8.32 Å². The molecule has 0 unspecified atom stereocenters. The van der Waals surface area contributed by atoms with E-state index in [4.69, 9.17) is 4.43 Å². The van der Waals surface area contributed by atoms with Gasteiger partial charge in [-0.3, -0.25) is 4.79 Å². The Balaban J connectivity index is 3.03. The highest BCUT2D eigenvalue weighted by Crippen LogP contribution is 2.37. The quantitative estimate of drug-likeness (QED) is 0.603. The fraction of sp³-hybridized carbons (Fsp3) is 0.556. The predicted molar refractivity (Wildman–Crippen MR) is 95.8 cm³/mol. The lowest BCUT2D eigenvalue weighted by Crippen LogP contribution is -2.53.